The highest BCUT2D eigenvalue weighted by Crippen LogP contribution is 2.18. The Balaban J connectivity index is 2.90. The van der Waals surface area contributed by atoms with Crippen LogP contribution in [0, 0.1) is 5.92 Å². The van der Waals surface area contributed by atoms with Crippen molar-refractivity contribution in [1.82, 2.24) is 0 Å². The lowest BCUT2D eigenvalue weighted by atomic mass is 10.0. The Hall–Kier alpha value is -1.18. The van der Waals surface area contributed by atoms with Gasteiger partial charge in [0.05, 0.1) is 0 Å². The third kappa shape index (κ3) is 2.16. The summed E-state index contributed by atoms with van der Waals surface area (Å²) in [5, 5.41) is 0. The van der Waals surface area contributed by atoms with Crippen LogP contribution >= 0.6 is 0 Å². The molecule has 0 saturated carbocycles. The minimum atomic E-state index is -0.168. The molecule has 0 saturated heterocycles. The van der Waals surface area contributed by atoms with Crippen LogP contribution < -0.4 is 0 Å². The summed E-state index contributed by atoms with van der Waals surface area (Å²) in [7, 11) is 0. The fourth-order valence-electron chi connectivity index (χ4n) is 0.995. The quantitative estimate of drug-likeness (QED) is 0.547. The summed E-state index contributed by atoms with van der Waals surface area (Å²) in [6.45, 7) is 1.82. The van der Waals surface area contributed by atoms with Crippen molar-refractivity contribution in [2.24, 2.45) is 5.92 Å². The minimum Gasteiger partial charge on any atom is -0.298 e. The van der Waals surface area contributed by atoms with E-state index in [2.05, 4.69) is 0 Å². The molecule has 1 aliphatic carbocycles. The van der Waals surface area contributed by atoms with Gasteiger partial charge in [-0.3, -0.25) is 4.79 Å². The highest BCUT2D eigenvalue weighted by atomic mass is 19.1. The van der Waals surface area contributed by atoms with Gasteiger partial charge in [-0.05, 0) is 18.6 Å². The van der Waals surface area contributed by atoms with Gasteiger partial charge in [0.2, 0.25) is 0 Å². The standard InChI is InChI=1S/C10H11FO/c1-8-3-2-4-9(7-12)5-6-10(8)11/h2,4-8H,3H2,1H3/b4-2+,9-5+,10-6+. The summed E-state index contributed by atoms with van der Waals surface area (Å²) >= 11 is 0. The molecule has 2 heteroatoms. The maximum atomic E-state index is 13.0. The highest BCUT2D eigenvalue weighted by Gasteiger charge is 2.06. The fourth-order valence-corrected chi connectivity index (χ4v) is 0.995. The van der Waals surface area contributed by atoms with E-state index in [0.717, 1.165) is 6.29 Å². The van der Waals surface area contributed by atoms with Crippen molar-refractivity contribution in [3.8, 4) is 0 Å². The minimum absolute atomic E-state index is 0.0781. The highest BCUT2D eigenvalue weighted by molar-refractivity contribution is 5.78. The van der Waals surface area contributed by atoms with E-state index in [9.17, 15) is 9.18 Å². The number of hydrogen-bond acceptors (Lipinski definition) is 1. The van der Waals surface area contributed by atoms with Crippen LogP contribution in [0.4, 0.5) is 4.39 Å². The van der Waals surface area contributed by atoms with Crippen LogP contribution in [-0.4, -0.2) is 6.29 Å². The zero-order chi connectivity index (χ0) is 8.97. The summed E-state index contributed by atoms with van der Waals surface area (Å²) in [6, 6.07) is 0. The second kappa shape index (κ2) is 4.00. The summed E-state index contributed by atoms with van der Waals surface area (Å²) in [5.74, 6) is -0.246. The largest absolute Gasteiger partial charge is 0.298 e. The number of carbonyl (C=O) groups excluding carboxylic acids is 1. The molecule has 0 aliphatic heterocycles. The van der Waals surface area contributed by atoms with Crippen molar-refractivity contribution in [2.75, 3.05) is 0 Å². The zero-order valence-electron chi connectivity index (χ0n) is 6.96. The van der Waals surface area contributed by atoms with Gasteiger partial charge in [0.15, 0.2) is 0 Å². The molecule has 1 nitrogen and oxygen atoms in total. The van der Waals surface area contributed by atoms with E-state index in [4.69, 9.17) is 0 Å². The Labute approximate surface area is 71.3 Å². The molecule has 0 bridgehead atoms. The Bertz CT molecular complexity index is 261. The first-order valence-corrected chi connectivity index (χ1v) is 3.93. The Morgan fingerprint density at radius 3 is 3.00 bits per heavy atom. The normalized spacial score (nSPS) is 35.0. The zero-order valence-corrected chi connectivity index (χ0v) is 6.96. The molecule has 12 heavy (non-hydrogen) atoms. The van der Waals surface area contributed by atoms with Crippen molar-refractivity contribution in [1.29, 1.82) is 0 Å². The molecule has 0 aromatic heterocycles. The van der Waals surface area contributed by atoms with Crippen molar-refractivity contribution < 1.29 is 9.18 Å². The molecule has 1 rings (SSSR count). The third-order valence-electron chi connectivity index (χ3n) is 1.84. The van der Waals surface area contributed by atoms with E-state index in [0.29, 0.717) is 12.0 Å². The fraction of sp³-hybridized carbons (Fsp3) is 0.300. The predicted octanol–water partition coefficient (Wildman–Crippen LogP) is 2.56. The SMILES string of the molecule is CC1C/C=C/C(C=O)=C\C=C/1F. The van der Waals surface area contributed by atoms with Gasteiger partial charge in [-0.15, -0.1) is 0 Å². The van der Waals surface area contributed by atoms with E-state index in [1.165, 1.54) is 12.2 Å². The molecule has 0 N–H and O–H groups in total. The van der Waals surface area contributed by atoms with Gasteiger partial charge < -0.3 is 0 Å². The number of hydrogen-bond donors (Lipinski definition) is 0. The van der Waals surface area contributed by atoms with Crippen molar-refractivity contribution in [3.63, 3.8) is 0 Å². The van der Waals surface area contributed by atoms with Crippen molar-refractivity contribution in [3.05, 3.63) is 35.7 Å². The van der Waals surface area contributed by atoms with Crippen LogP contribution in [0.25, 0.3) is 0 Å². The molecule has 1 atom stereocenters. The summed E-state index contributed by atoms with van der Waals surface area (Å²) in [5.41, 5.74) is 0.511. The van der Waals surface area contributed by atoms with Crippen molar-refractivity contribution in [2.45, 2.75) is 13.3 Å². The van der Waals surface area contributed by atoms with E-state index < -0.39 is 0 Å². The summed E-state index contributed by atoms with van der Waals surface area (Å²) < 4.78 is 13.0. The Morgan fingerprint density at radius 1 is 1.58 bits per heavy atom. The number of rotatable bonds is 1. The number of halogens is 1. The smallest absolute Gasteiger partial charge is 0.150 e. The lowest BCUT2D eigenvalue weighted by Gasteiger charge is -2.06. The van der Waals surface area contributed by atoms with Gasteiger partial charge in [0.25, 0.3) is 0 Å². The van der Waals surface area contributed by atoms with E-state index in [1.807, 2.05) is 13.0 Å². The molecule has 1 aliphatic rings. The van der Waals surface area contributed by atoms with Gasteiger partial charge in [-0.2, -0.15) is 0 Å². The molecule has 0 aromatic carbocycles. The van der Waals surface area contributed by atoms with Gasteiger partial charge in [0.1, 0.15) is 12.1 Å². The predicted molar refractivity (Wildman–Crippen MR) is 46.3 cm³/mol. The van der Waals surface area contributed by atoms with Crippen LogP contribution in [0.1, 0.15) is 13.3 Å². The first-order chi connectivity index (χ1) is 5.74. The van der Waals surface area contributed by atoms with Crippen LogP contribution in [0.15, 0.2) is 35.7 Å². The molecular weight excluding hydrogens is 155 g/mol. The first kappa shape index (κ1) is 8.91. The van der Waals surface area contributed by atoms with Crippen LogP contribution in [-0.2, 0) is 4.79 Å². The molecule has 0 heterocycles. The summed E-state index contributed by atoms with van der Waals surface area (Å²) in [4.78, 5) is 10.3. The van der Waals surface area contributed by atoms with Crippen LogP contribution in [0.3, 0.4) is 0 Å². The lowest BCUT2D eigenvalue weighted by molar-refractivity contribution is -0.104. The number of aldehydes is 1. The topological polar surface area (TPSA) is 17.1 Å². The lowest BCUT2D eigenvalue weighted by Crippen LogP contribution is -1.95. The van der Waals surface area contributed by atoms with Gasteiger partial charge >= 0.3 is 0 Å². The molecule has 0 amide bonds. The second-order valence-electron chi connectivity index (χ2n) is 2.88. The molecule has 0 aromatic rings. The molecule has 0 radical (unpaired) electrons. The van der Waals surface area contributed by atoms with E-state index in [-0.39, 0.29) is 11.7 Å². The first-order valence-electron chi connectivity index (χ1n) is 3.93. The summed E-state index contributed by atoms with van der Waals surface area (Å²) in [6.07, 6.45) is 7.75. The molecule has 64 valence electrons. The molecule has 0 spiro atoms. The Morgan fingerprint density at radius 2 is 2.33 bits per heavy atom. The third-order valence-corrected chi connectivity index (χ3v) is 1.84. The van der Waals surface area contributed by atoms with Crippen molar-refractivity contribution >= 4 is 6.29 Å². The molecule has 0 fully saturated rings. The van der Waals surface area contributed by atoms with Crippen LogP contribution in [0.5, 0.6) is 0 Å². The van der Waals surface area contributed by atoms with Gasteiger partial charge in [-0.25, -0.2) is 4.39 Å². The van der Waals surface area contributed by atoms with Crippen LogP contribution in [0.2, 0.25) is 0 Å². The average molecular weight is 166 g/mol. The van der Waals surface area contributed by atoms with Gasteiger partial charge in [-0.1, -0.05) is 19.1 Å². The second-order valence-corrected chi connectivity index (χ2v) is 2.88. The average Bonchev–Trinajstić information content (AvgIpc) is 2.07. The molecular formula is C10H11FO. The monoisotopic (exact) mass is 166 g/mol. The van der Waals surface area contributed by atoms with E-state index >= 15 is 0 Å². The maximum absolute atomic E-state index is 13.0. The molecule has 1 unspecified atom stereocenters. The number of allylic oxidation sites excluding steroid dienone is 6. The Kier molecular flexibility index (Phi) is 2.97. The van der Waals surface area contributed by atoms with E-state index in [1.54, 1.807) is 6.08 Å². The number of carbonyl (C=O) groups is 1. The van der Waals surface area contributed by atoms with Gasteiger partial charge in [0, 0.05) is 11.5 Å². The maximum Gasteiger partial charge on any atom is 0.150 e.